The van der Waals surface area contributed by atoms with E-state index in [0.29, 0.717) is 5.56 Å². The normalized spacial score (nSPS) is 22.1. The van der Waals surface area contributed by atoms with Crippen molar-refractivity contribution < 1.29 is 19.4 Å². The molecule has 9 heteroatoms. The van der Waals surface area contributed by atoms with Crippen LogP contribution in [0.4, 0.5) is 4.79 Å². The van der Waals surface area contributed by atoms with E-state index in [1.807, 2.05) is 0 Å². The Kier molecular flexibility index (Phi) is 3.91. The maximum absolute atomic E-state index is 11.8. The molecule has 0 aliphatic carbocycles. The van der Waals surface area contributed by atoms with Crippen LogP contribution >= 0.6 is 0 Å². The van der Waals surface area contributed by atoms with Crippen molar-refractivity contribution in [3.8, 4) is 0 Å². The number of rotatable bonds is 2. The zero-order chi connectivity index (χ0) is 14.9. The smallest absolute Gasteiger partial charge is 0.411 e. The highest BCUT2D eigenvalue weighted by Crippen LogP contribution is 2.23. The Morgan fingerprint density at radius 3 is 2.90 bits per heavy atom. The van der Waals surface area contributed by atoms with Crippen molar-refractivity contribution in [2.24, 2.45) is 0 Å². The summed E-state index contributed by atoms with van der Waals surface area (Å²) < 4.78 is 11.2. The minimum atomic E-state index is -0.897. The van der Waals surface area contributed by atoms with Crippen LogP contribution in [0, 0.1) is 6.92 Å². The summed E-state index contributed by atoms with van der Waals surface area (Å²) in [6, 6.07) is 0. The molecule has 9 nitrogen and oxygen atoms in total. The number of hydrogen-bond donors (Lipinski definition) is 2. The van der Waals surface area contributed by atoms with Crippen molar-refractivity contribution in [3.63, 3.8) is 0 Å². The van der Waals surface area contributed by atoms with Crippen molar-refractivity contribution in [1.29, 1.82) is 0 Å². The predicted molar refractivity (Wildman–Crippen MR) is 66.2 cm³/mol. The fourth-order valence-electron chi connectivity index (χ4n) is 1.99. The molecule has 20 heavy (non-hydrogen) atoms. The molecule has 0 radical (unpaired) electrons. The second-order valence-corrected chi connectivity index (χ2v) is 4.33. The van der Waals surface area contributed by atoms with Crippen LogP contribution in [0.5, 0.6) is 0 Å². The van der Waals surface area contributed by atoms with Gasteiger partial charge >= 0.3 is 11.8 Å². The number of amides is 1. The van der Waals surface area contributed by atoms with Crippen molar-refractivity contribution in [1.82, 2.24) is 14.5 Å². The molecule has 1 saturated heterocycles. The molecule has 1 aromatic rings. The number of ether oxygens (including phenoxy) is 2. The van der Waals surface area contributed by atoms with Crippen LogP contribution in [0.25, 0.3) is 0 Å². The molecule has 0 unspecified atom stereocenters. The number of aromatic nitrogens is 2. The number of aromatic amines is 1. The van der Waals surface area contributed by atoms with Crippen molar-refractivity contribution in [2.75, 3.05) is 20.3 Å². The summed E-state index contributed by atoms with van der Waals surface area (Å²) in [5.41, 5.74) is -0.785. The van der Waals surface area contributed by atoms with Crippen LogP contribution in [0.1, 0.15) is 11.8 Å². The largest absolute Gasteiger partial charge is 0.453 e. The first-order valence-corrected chi connectivity index (χ1v) is 5.91. The van der Waals surface area contributed by atoms with Crippen molar-refractivity contribution in [2.45, 2.75) is 19.4 Å². The molecule has 2 N–H and O–H groups in total. The fraction of sp³-hybridized carbons (Fsp3) is 0.545. The van der Waals surface area contributed by atoms with Gasteiger partial charge in [0.1, 0.15) is 0 Å². The zero-order valence-corrected chi connectivity index (χ0v) is 11.0. The maximum Gasteiger partial charge on any atom is 0.411 e. The van der Waals surface area contributed by atoms with E-state index in [1.54, 1.807) is 6.92 Å². The predicted octanol–water partition coefficient (Wildman–Crippen LogP) is -1.24. The minimum absolute atomic E-state index is 0.0310. The van der Waals surface area contributed by atoms with Crippen LogP contribution in [-0.4, -0.2) is 52.1 Å². The highest BCUT2D eigenvalue weighted by Gasteiger charge is 2.37. The molecule has 0 saturated carbocycles. The molecule has 2 heterocycles. The molecule has 2 rings (SSSR count). The molecule has 0 spiro atoms. The van der Waals surface area contributed by atoms with Gasteiger partial charge in [0.15, 0.2) is 12.5 Å². The van der Waals surface area contributed by atoms with Crippen LogP contribution < -0.4 is 11.2 Å². The van der Waals surface area contributed by atoms with Crippen LogP contribution in [0.15, 0.2) is 15.8 Å². The van der Waals surface area contributed by atoms with Gasteiger partial charge in [-0.1, -0.05) is 0 Å². The van der Waals surface area contributed by atoms with Gasteiger partial charge in [-0.05, 0) is 6.92 Å². The molecule has 1 fully saturated rings. The Balaban J connectivity index is 2.32. The van der Waals surface area contributed by atoms with E-state index in [4.69, 9.17) is 4.74 Å². The first-order chi connectivity index (χ1) is 9.47. The Hall–Kier alpha value is -2.13. The summed E-state index contributed by atoms with van der Waals surface area (Å²) in [4.78, 5) is 37.9. The first-order valence-electron chi connectivity index (χ1n) is 5.91. The Bertz CT molecular complexity index is 621. The highest BCUT2D eigenvalue weighted by molar-refractivity contribution is 5.67. The lowest BCUT2D eigenvalue weighted by Crippen LogP contribution is -2.38. The molecule has 110 valence electrons. The van der Waals surface area contributed by atoms with Gasteiger partial charge < -0.3 is 14.6 Å². The molecule has 1 aliphatic rings. The number of nitrogens with zero attached hydrogens (tertiary/aromatic N) is 2. The Morgan fingerprint density at radius 1 is 1.60 bits per heavy atom. The second-order valence-electron chi connectivity index (χ2n) is 4.33. The summed E-state index contributed by atoms with van der Waals surface area (Å²) in [6.07, 6.45) is -1.01. The maximum atomic E-state index is 11.8. The standard InChI is InChI=1S/C11H15N3O6/c1-6-3-13(10(17)12-9(6)16)7-4-14(11(18)19-2)8(5-15)20-7/h3,7-8,15H,4-5H2,1-2H3,(H,12,16,17)/t7-,8-/m1/s1. The topological polar surface area (TPSA) is 114 Å². The average molecular weight is 285 g/mol. The first kappa shape index (κ1) is 14.3. The number of hydrogen-bond acceptors (Lipinski definition) is 6. The van der Waals surface area contributed by atoms with Gasteiger partial charge in [-0.3, -0.25) is 19.2 Å². The third-order valence-corrected chi connectivity index (χ3v) is 3.04. The van der Waals surface area contributed by atoms with Crippen LogP contribution in [-0.2, 0) is 9.47 Å². The van der Waals surface area contributed by atoms with Gasteiger partial charge in [0.2, 0.25) is 0 Å². The summed E-state index contributed by atoms with van der Waals surface area (Å²) in [7, 11) is 1.21. The summed E-state index contributed by atoms with van der Waals surface area (Å²) in [5, 5.41) is 9.19. The van der Waals surface area contributed by atoms with Gasteiger partial charge in [0, 0.05) is 11.8 Å². The molecular formula is C11H15N3O6. The van der Waals surface area contributed by atoms with Gasteiger partial charge in [-0.2, -0.15) is 0 Å². The number of aryl methyl sites for hydroxylation is 1. The minimum Gasteiger partial charge on any atom is -0.453 e. The van der Waals surface area contributed by atoms with Crippen molar-refractivity contribution >= 4 is 6.09 Å². The number of carbonyl (C=O) groups is 1. The van der Waals surface area contributed by atoms with Crippen LogP contribution in [0.2, 0.25) is 0 Å². The molecular weight excluding hydrogens is 270 g/mol. The summed E-state index contributed by atoms with van der Waals surface area (Å²) in [6.45, 7) is 1.15. The van der Waals surface area contributed by atoms with Gasteiger partial charge in [-0.25, -0.2) is 9.59 Å². The molecule has 1 aromatic heterocycles. The average Bonchev–Trinajstić information content (AvgIpc) is 2.85. The lowest BCUT2D eigenvalue weighted by atomic mass is 10.4. The lowest BCUT2D eigenvalue weighted by Gasteiger charge is -2.18. The van der Waals surface area contributed by atoms with Gasteiger partial charge in [0.25, 0.3) is 5.56 Å². The monoisotopic (exact) mass is 285 g/mol. The Morgan fingerprint density at radius 2 is 2.30 bits per heavy atom. The van der Waals surface area contributed by atoms with E-state index in [1.165, 1.54) is 17.9 Å². The van der Waals surface area contributed by atoms with Crippen LogP contribution in [0.3, 0.4) is 0 Å². The number of carbonyl (C=O) groups excluding carboxylic acids is 1. The van der Waals surface area contributed by atoms with Crippen molar-refractivity contribution in [3.05, 3.63) is 32.6 Å². The summed E-state index contributed by atoms with van der Waals surface area (Å²) in [5.74, 6) is 0. The third kappa shape index (κ3) is 2.45. The number of aliphatic hydroxyl groups excluding tert-OH is 1. The van der Waals surface area contributed by atoms with E-state index in [9.17, 15) is 19.5 Å². The quantitative estimate of drug-likeness (QED) is 0.702. The SMILES string of the molecule is COC(=O)N1C[C@H](n2cc(C)c(=O)[nH]c2=O)O[C@@H]1CO. The number of methoxy groups -OCH3 is 1. The molecule has 0 bridgehead atoms. The van der Waals surface area contributed by atoms with E-state index < -0.39 is 36.4 Å². The van der Waals surface area contributed by atoms with Gasteiger partial charge in [-0.15, -0.1) is 0 Å². The van der Waals surface area contributed by atoms with Gasteiger partial charge in [0.05, 0.1) is 20.3 Å². The highest BCUT2D eigenvalue weighted by atomic mass is 16.6. The van der Waals surface area contributed by atoms with E-state index in [2.05, 4.69) is 9.72 Å². The third-order valence-electron chi connectivity index (χ3n) is 3.04. The molecule has 1 aliphatic heterocycles. The fourth-order valence-corrected chi connectivity index (χ4v) is 1.99. The van der Waals surface area contributed by atoms with E-state index >= 15 is 0 Å². The van der Waals surface area contributed by atoms with E-state index in [-0.39, 0.29) is 6.54 Å². The van der Waals surface area contributed by atoms with E-state index in [0.717, 1.165) is 4.90 Å². The number of aliphatic hydroxyl groups is 1. The lowest BCUT2D eigenvalue weighted by molar-refractivity contribution is -0.0526. The molecule has 2 atom stereocenters. The number of H-pyrrole nitrogens is 1. The number of nitrogens with one attached hydrogen (secondary N) is 1. The Labute approximate surface area is 113 Å². The second kappa shape index (κ2) is 5.47. The molecule has 0 aromatic carbocycles. The zero-order valence-electron chi connectivity index (χ0n) is 11.0. The summed E-state index contributed by atoms with van der Waals surface area (Å²) >= 11 is 0. The molecule has 1 amide bonds.